The summed E-state index contributed by atoms with van der Waals surface area (Å²) >= 11 is 6.14. The van der Waals surface area contributed by atoms with Crippen LogP contribution in [0.5, 0.6) is 5.75 Å². The minimum atomic E-state index is -0.377. The summed E-state index contributed by atoms with van der Waals surface area (Å²) in [4.78, 5) is 3.93. The van der Waals surface area contributed by atoms with Gasteiger partial charge in [-0.1, -0.05) is 31.5 Å². The van der Waals surface area contributed by atoms with Gasteiger partial charge in [0, 0.05) is 6.20 Å². The third kappa shape index (κ3) is 3.44. The quantitative estimate of drug-likeness (QED) is 0.817. The summed E-state index contributed by atoms with van der Waals surface area (Å²) < 4.78 is 18.9. The summed E-state index contributed by atoms with van der Waals surface area (Å²) in [6.07, 6.45) is 1.53. The average Bonchev–Trinajstić information content (AvgIpc) is 2.39. The highest BCUT2D eigenvalue weighted by molar-refractivity contribution is 6.32. The van der Waals surface area contributed by atoms with Crippen molar-refractivity contribution in [3.05, 3.63) is 58.6 Å². The molecule has 0 spiro atoms. The van der Waals surface area contributed by atoms with Crippen LogP contribution in [-0.4, -0.2) is 4.98 Å². The molecule has 0 unspecified atom stereocenters. The van der Waals surface area contributed by atoms with Crippen LogP contribution in [0.25, 0.3) is 0 Å². The molecule has 0 N–H and O–H groups in total. The van der Waals surface area contributed by atoms with E-state index in [2.05, 4.69) is 18.8 Å². The lowest BCUT2D eigenvalue weighted by Gasteiger charge is -2.11. The maximum absolute atomic E-state index is 13.4. The Bertz CT molecular complexity index is 572. The van der Waals surface area contributed by atoms with E-state index in [4.69, 9.17) is 16.3 Å². The second-order valence-electron chi connectivity index (χ2n) is 4.57. The fourth-order valence-corrected chi connectivity index (χ4v) is 1.91. The van der Waals surface area contributed by atoms with Crippen molar-refractivity contribution in [3.63, 3.8) is 0 Å². The predicted octanol–water partition coefficient (Wildman–Crippen LogP) is 4.58. The average molecular weight is 280 g/mol. The number of halogens is 2. The van der Waals surface area contributed by atoms with Crippen LogP contribution in [0.15, 0.2) is 36.5 Å². The highest BCUT2D eigenvalue weighted by atomic mass is 35.5. The number of benzene rings is 1. The number of aromatic nitrogens is 1. The molecule has 0 fully saturated rings. The summed E-state index contributed by atoms with van der Waals surface area (Å²) in [5.41, 5.74) is 1.41. The summed E-state index contributed by atoms with van der Waals surface area (Å²) in [5.74, 6) is 0.563. The molecule has 0 aliphatic heterocycles. The number of hydrogen-bond donors (Lipinski definition) is 0. The lowest BCUT2D eigenvalue weighted by molar-refractivity contribution is 0.294. The smallest absolute Gasteiger partial charge is 0.148 e. The third-order valence-electron chi connectivity index (χ3n) is 2.82. The van der Waals surface area contributed by atoms with Crippen molar-refractivity contribution in [3.8, 4) is 5.75 Å². The molecule has 0 aliphatic carbocycles. The second kappa shape index (κ2) is 6.02. The van der Waals surface area contributed by atoms with Crippen LogP contribution < -0.4 is 4.74 Å². The highest BCUT2D eigenvalue weighted by Gasteiger charge is 2.08. The minimum Gasteiger partial charge on any atom is -0.486 e. The molecule has 4 heteroatoms. The first-order valence-electron chi connectivity index (χ1n) is 6.09. The van der Waals surface area contributed by atoms with Crippen LogP contribution in [-0.2, 0) is 6.61 Å². The Morgan fingerprint density at radius 2 is 2.11 bits per heavy atom. The van der Waals surface area contributed by atoms with Crippen molar-refractivity contribution in [2.75, 3.05) is 0 Å². The topological polar surface area (TPSA) is 22.1 Å². The lowest BCUT2D eigenvalue weighted by atomic mass is 10.0. The van der Waals surface area contributed by atoms with E-state index in [1.165, 1.54) is 12.3 Å². The van der Waals surface area contributed by atoms with Gasteiger partial charge >= 0.3 is 0 Å². The lowest BCUT2D eigenvalue weighted by Crippen LogP contribution is -2.01. The zero-order valence-electron chi connectivity index (χ0n) is 10.9. The van der Waals surface area contributed by atoms with Gasteiger partial charge in [-0.3, -0.25) is 4.98 Å². The van der Waals surface area contributed by atoms with Crippen molar-refractivity contribution < 1.29 is 9.13 Å². The summed E-state index contributed by atoms with van der Waals surface area (Å²) in [6, 6.07) is 8.54. The zero-order valence-corrected chi connectivity index (χ0v) is 11.6. The van der Waals surface area contributed by atoms with Gasteiger partial charge in [-0.05, 0) is 35.7 Å². The monoisotopic (exact) mass is 279 g/mol. The summed E-state index contributed by atoms with van der Waals surface area (Å²) in [6.45, 7) is 4.25. The van der Waals surface area contributed by atoms with Gasteiger partial charge in [0.1, 0.15) is 23.9 Å². The molecular formula is C15H15ClFNO. The molecule has 2 nitrogen and oxygen atoms in total. The van der Waals surface area contributed by atoms with E-state index in [1.54, 1.807) is 12.1 Å². The van der Waals surface area contributed by atoms with Gasteiger partial charge in [-0.15, -0.1) is 0 Å². The van der Waals surface area contributed by atoms with E-state index in [0.717, 1.165) is 5.56 Å². The maximum Gasteiger partial charge on any atom is 0.148 e. The van der Waals surface area contributed by atoms with Crippen LogP contribution in [0.3, 0.4) is 0 Å². The molecule has 0 bridgehead atoms. The summed E-state index contributed by atoms with van der Waals surface area (Å²) in [5, 5.41) is 0.530. The van der Waals surface area contributed by atoms with Crippen LogP contribution >= 0.6 is 11.6 Å². The first-order chi connectivity index (χ1) is 9.08. The van der Waals surface area contributed by atoms with E-state index in [1.807, 2.05) is 12.1 Å². The third-order valence-corrected chi connectivity index (χ3v) is 3.12. The predicted molar refractivity (Wildman–Crippen MR) is 74.1 cm³/mol. The Balaban J connectivity index is 2.10. The molecule has 0 radical (unpaired) electrons. The van der Waals surface area contributed by atoms with Crippen molar-refractivity contribution in [2.24, 2.45) is 0 Å². The molecular weight excluding hydrogens is 265 g/mol. The van der Waals surface area contributed by atoms with Gasteiger partial charge in [0.2, 0.25) is 0 Å². The van der Waals surface area contributed by atoms with Crippen LogP contribution in [0.4, 0.5) is 4.39 Å². The fraction of sp³-hybridized carbons (Fsp3) is 0.267. The van der Waals surface area contributed by atoms with Crippen LogP contribution in [0.2, 0.25) is 5.02 Å². The normalized spacial score (nSPS) is 10.8. The zero-order chi connectivity index (χ0) is 13.8. The summed E-state index contributed by atoms with van der Waals surface area (Å²) in [7, 11) is 0. The maximum atomic E-state index is 13.4. The van der Waals surface area contributed by atoms with Gasteiger partial charge < -0.3 is 4.74 Å². The molecule has 0 atom stereocenters. The number of ether oxygens (including phenoxy) is 1. The molecule has 1 aromatic carbocycles. The first-order valence-corrected chi connectivity index (χ1v) is 6.47. The Labute approximate surface area is 117 Å². The van der Waals surface area contributed by atoms with Gasteiger partial charge in [0.15, 0.2) is 0 Å². The molecule has 2 rings (SSSR count). The SMILES string of the molecule is CC(C)c1ccc(OCc2ncccc2F)c(Cl)c1. The molecule has 1 heterocycles. The molecule has 19 heavy (non-hydrogen) atoms. The van der Waals surface area contributed by atoms with Crippen molar-refractivity contribution in [1.82, 2.24) is 4.98 Å². The van der Waals surface area contributed by atoms with Crippen molar-refractivity contribution >= 4 is 11.6 Å². The van der Waals surface area contributed by atoms with Gasteiger partial charge in [0.05, 0.1) is 5.02 Å². The highest BCUT2D eigenvalue weighted by Crippen LogP contribution is 2.29. The van der Waals surface area contributed by atoms with E-state index in [0.29, 0.717) is 16.7 Å². The Morgan fingerprint density at radius 1 is 1.32 bits per heavy atom. The standard InChI is InChI=1S/C15H15ClFNO/c1-10(2)11-5-6-15(12(16)8-11)19-9-14-13(17)4-3-7-18-14/h3-8,10H,9H2,1-2H3. The Morgan fingerprint density at radius 3 is 2.74 bits per heavy atom. The second-order valence-corrected chi connectivity index (χ2v) is 4.97. The van der Waals surface area contributed by atoms with E-state index in [-0.39, 0.29) is 18.1 Å². The molecule has 2 aromatic rings. The van der Waals surface area contributed by atoms with Gasteiger partial charge in [-0.2, -0.15) is 0 Å². The molecule has 0 aliphatic rings. The van der Waals surface area contributed by atoms with Gasteiger partial charge in [-0.25, -0.2) is 4.39 Å². The number of rotatable bonds is 4. The van der Waals surface area contributed by atoms with Crippen molar-refractivity contribution in [1.29, 1.82) is 0 Å². The Hall–Kier alpha value is -1.61. The molecule has 100 valence electrons. The largest absolute Gasteiger partial charge is 0.486 e. The molecule has 0 saturated heterocycles. The van der Waals surface area contributed by atoms with E-state index >= 15 is 0 Å². The number of pyridine rings is 1. The van der Waals surface area contributed by atoms with E-state index < -0.39 is 0 Å². The van der Waals surface area contributed by atoms with Crippen LogP contribution in [0.1, 0.15) is 31.0 Å². The number of nitrogens with zero attached hydrogens (tertiary/aromatic N) is 1. The van der Waals surface area contributed by atoms with Crippen LogP contribution in [0, 0.1) is 5.82 Å². The Kier molecular flexibility index (Phi) is 4.38. The first kappa shape index (κ1) is 13.8. The molecule has 0 amide bonds. The number of hydrogen-bond acceptors (Lipinski definition) is 2. The minimum absolute atomic E-state index is 0.0629. The fourth-order valence-electron chi connectivity index (χ4n) is 1.66. The van der Waals surface area contributed by atoms with Gasteiger partial charge in [0.25, 0.3) is 0 Å². The van der Waals surface area contributed by atoms with Crippen molar-refractivity contribution in [2.45, 2.75) is 26.4 Å². The molecule has 0 saturated carbocycles. The molecule has 1 aromatic heterocycles. The van der Waals surface area contributed by atoms with E-state index in [9.17, 15) is 4.39 Å².